The first-order chi connectivity index (χ1) is 25.2. The molecule has 1 heterocycles. The smallest absolute Gasteiger partial charge is 0.135 e. The van der Waals surface area contributed by atoms with Crippen LogP contribution in [0.3, 0.4) is 0 Å². The van der Waals surface area contributed by atoms with E-state index in [-0.39, 0.29) is 0 Å². The molecule has 0 atom stereocenters. The minimum absolute atomic E-state index is 0.911. The Hall–Kier alpha value is -6.64. The van der Waals surface area contributed by atoms with Gasteiger partial charge in [-0.1, -0.05) is 127 Å². The second-order valence-electron chi connectivity index (χ2n) is 13.1. The number of fused-ring (bicyclic) bond motifs is 3. The number of benzene rings is 8. The molecule has 0 fully saturated rings. The summed E-state index contributed by atoms with van der Waals surface area (Å²) in [6.45, 7) is 2.13. The molecule has 51 heavy (non-hydrogen) atoms. The van der Waals surface area contributed by atoms with Gasteiger partial charge < -0.3 is 9.32 Å². The highest BCUT2D eigenvalue weighted by Gasteiger charge is 2.15. The summed E-state index contributed by atoms with van der Waals surface area (Å²) < 4.78 is 6.08. The van der Waals surface area contributed by atoms with Gasteiger partial charge in [-0.25, -0.2) is 0 Å². The molecule has 242 valence electrons. The van der Waals surface area contributed by atoms with Crippen LogP contribution in [0.5, 0.6) is 0 Å². The molecule has 0 bridgehead atoms. The molecule has 0 unspecified atom stereocenters. The van der Waals surface area contributed by atoms with Crippen LogP contribution in [0.15, 0.2) is 199 Å². The van der Waals surface area contributed by atoms with E-state index in [1.54, 1.807) is 0 Å². The minimum Gasteiger partial charge on any atom is -0.456 e. The molecule has 1 aromatic heterocycles. The molecule has 0 spiro atoms. The van der Waals surface area contributed by atoms with E-state index < -0.39 is 0 Å². The van der Waals surface area contributed by atoms with Crippen molar-refractivity contribution in [2.24, 2.45) is 0 Å². The maximum Gasteiger partial charge on any atom is 0.135 e. The van der Waals surface area contributed by atoms with Gasteiger partial charge in [0.15, 0.2) is 0 Å². The molecule has 9 rings (SSSR count). The van der Waals surface area contributed by atoms with Crippen LogP contribution in [0.1, 0.15) is 5.56 Å². The van der Waals surface area contributed by atoms with Crippen molar-refractivity contribution >= 4 is 39.0 Å². The van der Waals surface area contributed by atoms with Crippen LogP contribution in [-0.4, -0.2) is 0 Å². The number of para-hydroxylation sites is 1. The van der Waals surface area contributed by atoms with E-state index >= 15 is 0 Å². The van der Waals surface area contributed by atoms with Crippen molar-refractivity contribution in [1.29, 1.82) is 0 Å². The number of anilines is 3. The molecule has 0 amide bonds. The zero-order valence-electron chi connectivity index (χ0n) is 28.3. The zero-order chi connectivity index (χ0) is 34.1. The first-order valence-electron chi connectivity index (χ1n) is 17.4. The third-order valence-electron chi connectivity index (χ3n) is 9.73. The summed E-state index contributed by atoms with van der Waals surface area (Å²) in [6, 6.07) is 69.4. The summed E-state index contributed by atoms with van der Waals surface area (Å²) in [6.07, 6.45) is 0. The van der Waals surface area contributed by atoms with Gasteiger partial charge in [0.05, 0.1) is 0 Å². The lowest BCUT2D eigenvalue weighted by Gasteiger charge is -2.26. The zero-order valence-corrected chi connectivity index (χ0v) is 28.3. The van der Waals surface area contributed by atoms with Crippen molar-refractivity contribution in [2.45, 2.75) is 6.92 Å². The highest BCUT2D eigenvalue weighted by molar-refractivity contribution is 6.06. The second-order valence-corrected chi connectivity index (χ2v) is 13.1. The fraction of sp³-hybridized carbons (Fsp3) is 0.0204. The highest BCUT2D eigenvalue weighted by atomic mass is 16.3. The van der Waals surface area contributed by atoms with Crippen LogP contribution in [0.25, 0.3) is 66.4 Å². The predicted molar refractivity (Wildman–Crippen MR) is 215 cm³/mol. The molecular weight excluding hydrogens is 619 g/mol. The summed E-state index contributed by atoms with van der Waals surface area (Å²) in [5.41, 5.74) is 15.9. The van der Waals surface area contributed by atoms with Gasteiger partial charge in [-0.05, 0) is 124 Å². The van der Waals surface area contributed by atoms with E-state index in [2.05, 4.69) is 194 Å². The van der Waals surface area contributed by atoms with Gasteiger partial charge in [0.25, 0.3) is 0 Å². The topological polar surface area (TPSA) is 16.4 Å². The third kappa shape index (κ3) is 5.98. The van der Waals surface area contributed by atoms with Crippen LogP contribution in [0.4, 0.5) is 17.1 Å². The number of hydrogen-bond donors (Lipinski definition) is 0. The summed E-state index contributed by atoms with van der Waals surface area (Å²) in [7, 11) is 0. The van der Waals surface area contributed by atoms with Crippen molar-refractivity contribution < 1.29 is 4.42 Å². The summed E-state index contributed by atoms with van der Waals surface area (Å²) in [5, 5.41) is 2.28. The summed E-state index contributed by atoms with van der Waals surface area (Å²) >= 11 is 0. The fourth-order valence-corrected chi connectivity index (χ4v) is 7.04. The quantitative estimate of drug-likeness (QED) is 0.170. The molecule has 0 aliphatic carbocycles. The number of furan rings is 1. The fourth-order valence-electron chi connectivity index (χ4n) is 7.04. The van der Waals surface area contributed by atoms with Gasteiger partial charge in [-0.3, -0.25) is 0 Å². The lowest BCUT2D eigenvalue weighted by Crippen LogP contribution is -2.09. The summed E-state index contributed by atoms with van der Waals surface area (Å²) in [5.74, 6) is 0. The van der Waals surface area contributed by atoms with Gasteiger partial charge in [0.1, 0.15) is 11.2 Å². The predicted octanol–water partition coefficient (Wildman–Crippen LogP) is 14.0. The number of aryl methyl sites for hydroxylation is 1. The maximum absolute atomic E-state index is 6.08. The van der Waals surface area contributed by atoms with Gasteiger partial charge in [-0.2, -0.15) is 0 Å². The van der Waals surface area contributed by atoms with Crippen molar-refractivity contribution in [2.75, 3.05) is 4.90 Å². The Kier molecular flexibility index (Phi) is 7.75. The molecule has 0 radical (unpaired) electrons. The maximum atomic E-state index is 6.08. The van der Waals surface area contributed by atoms with Crippen LogP contribution in [-0.2, 0) is 0 Å². The van der Waals surface area contributed by atoms with Crippen LogP contribution >= 0.6 is 0 Å². The molecule has 9 aromatic rings. The molecule has 2 nitrogen and oxygen atoms in total. The summed E-state index contributed by atoms with van der Waals surface area (Å²) in [4.78, 5) is 2.33. The van der Waals surface area contributed by atoms with Crippen LogP contribution < -0.4 is 4.90 Å². The number of rotatable bonds is 7. The second kappa shape index (κ2) is 13.0. The molecule has 2 heteroatoms. The molecule has 0 N–H and O–H groups in total. The molecule has 0 saturated heterocycles. The first kappa shape index (κ1) is 30.4. The van der Waals surface area contributed by atoms with Crippen molar-refractivity contribution in [1.82, 2.24) is 0 Å². The average molecular weight is 654 g/mol. The average Bonchev–Trinajstić information content (AvgIpc) is 3.58. The lowest BCUT2D eigenvalue weighted by atomic mass is 9.93. The van der Waals surface area contributed by atoms with Gasteiger partial charge in [-0.15, -0.1) is 0 Å². The monoisotopic (exact) mass is 653 g/mol. The van der Waals surface area contributed by atoms with Gasteiger partial charge in [0, 0.05) is 27.8 Å². The Morgan fingerprint density at radius 3 is 1.27 bits per heavy atom. The Balaban J connectivity index is 1.08. The van der Waals surface area contributed by atoms with Gasteiger partial charge >= 0.3 is 0 Å². The Morgan fingerprint density at radius 2 is 0.725 bits per heavy atom. The normalized spacial score (nSPS) is 11.2. The highest BCUT2D eigenvalue weighted by Crippen LogP contribution is 2.39. The van der Waals surface area contributed by atoms with E-state index in [1.165, 1.54) is 44.5 Å². The Bertz CT molecular complexity index is 2540. The largest absolute Gasteiger partial charge is 0.456 e. The van der Waals surface area contributed by atoms with E-state index in [0.717, 1.165) is 44.6 Å². The van der Waals surface area contributed by atoms with E-state index in [4.69, 9.17) is 4.42 Å². The van der Waals surface area contributed by atoms with Crippen LogP contribution in [0, 0.1) is 6.92 Å². The van der Waals surface area contributed by atoms with Crippen LogP contribution in [0.2, 0.25) is 0 Å². The first-order valence-corrected chi connectivity index (χ1v) is 17.4. The van der Waals surface area contributed by atoms with Gasteiger partial charge in [0.2, 0.25) is 0 Å². The van der Waals surface area contributed by atoms with E-state index in [9.17, 15) is 0 Å². The van der Waals surface area contributed by atoms with Crippen molar-refractivity contribution in [3.8, 4) is 44.5 Å². The lowest BCUT2D eigenvalue weighted by molar-refractivity contribution is 0.669. The van der Waals surface area contributed by atoms with E-state index in [0.29, 0.717) is 0 Å². The molecule has 0 aliphatic rings. The Labute approximate surface area is 298 Å². The van der Waals surface area contributed by atoms with Crippen molar-refractivity contribution in [3.63, 3.8) is 0 Å². The number of hydrogen-bond acceptors (Lipinski definition) is 2. The molecule has 8 aromatic carbocycles. The minimum atomic E-state index is 0.911. The van der Waals surface area contributed by atoms with Crippen molar-refractivity contribution in [3.05, 3.63) is 200 Å². The Morgan fingerprint density at radius 1 is 0.314 bits per heavy atom. The molecule has 0 saturated carbocycles. The molecular formula is C49H35NO. The molecule has 0 aliphatic heterocycles. The SMILES string of the molecule is Cc1ccc(N(c2ccc(-c3cc(-c4ccccc4)cc(-c4ccccc4)c3)cc2)c2ccc(-c3ccc4oc5ccccc5c4c3)cc2)cc1. The number of nitrogens with zero attached hydrogens (tertiary/aromatic N) is 1. The standard InChI is InChI=1S/C49H35NO/c1-34-16-23-43(24-17-34)50(44-25-18-37(19-26-44)39-22-29-49-47(33-39)46-14-8-9-15-48(46)51-49)45-27-20-38(21-28-45)42-31-40(35-10-4-2-5-11-35)30-41(32-42)36-12-6-3-7-13-36/h2-33H,1H3. The van der Waals surface area contributed by atoms with E-state index in [1.807, 2.05) is 12.1 Å². The third-order valence-corrected chi connectivity index (χ3v) is 9.73.